The molecular formula is C25H28N2O5. The smallest absolute Gasteiger partial charge is 0.407 e. The molecule has 2 atom stereocenters. The zero-order chi connectivity index (χ0) is 22.7. The molecule has 2 amide bonds. The summed E-state index contributed by atoms with van der Waals surface area (Å²) in [7, 11) is 0. The number of carboxylic acids is 1. The number of amides is 2. The van der Waals surface area contributed by atoms with Crippen molar-refractivity contribution >= 4 is 18.0 Å². The van der Waals surface area contributed by atoms with Gasteiger partial charge in [0.05, 0.1) is 6.42 Å². The first kappa shape index (κ1) is 21.9. The van der Waals surface area contributed by atoms with Gasteiger partial charge in [-0.05, 0) is 47.9 Å². The van der Waals surface area contributed by atoms with E-state index >= 15 is 0 Å². The summed E-state index contributed by atoms with van der Waals surface area (Å²) in [6, 6.07) is 14.7. The standard InChI is InChI=1S/C25H28N2O5/c1-15(16-7-6-8-16)26-24(30)22(13-23(28)29)27-25(31)32-14-21-19-11-4-2-9-17(19)18-10-3-5-12-20(18)21/h2-5,9-12,15-16,21-22H,6-8,13-14H2,1H3,(H,26,30)(H,27,31)(H,28,29). The van der Waals surface area contributed by atoms with E-state index in [2.05, 4.69) is 10.6 Å². The van der Waals surface area contributed by atoms with E-state index in [1.54, 1.807) is 0 Å². The average molecular weight is 437 g/mol. The maximum Gasteiger partial charge on any atom is 0.407 e. The van der Waals surface area contributed by atoms with Crippen LogP contribution >= 0.6 is 0 Å². The Hall–Kier alpha value is -3.35. The largest absolute Gasteiger partial charge is 0.481 e. The number of fused-ring (bicyclic) bond motifs is 3. The third-order valence-electron chi connectivity index (χ3n) is 6.56. The number of rotatable bonds is 8. The van der Waals surface area contributed by atoms with E-state index in [0.29, 0.717) is 5.92 Å². The molecule has 0 aromatic heterocycles. The molecule has 0 heterocycles. The van der Waals surface area contributed by atoms with Crippen LogP contribution in [0.1, 0.15) is 49.7 Å². The molecule has 1 fully saturated rings. The lowest BCUT2D eigenvalue weighted by atomic mass is 9.80. The summed E-state index contributed by atoms with van der Waals surface area (Å²) in [4.78, 5) is 36.4. The van der Waals surface area contributed by atoms with Crippen LogP contribution in [0.3, 0.4) is 0 Å². The quantitative estimate of drug-likeness (QED) is 0.586. The van der Waals surface area contributed by atoms with Crippen LogP contribution in [0.4, 0.5) is 4.79 Å². The van der Waals surface area contributed by atoms with Crippen LogP contribution in [0.15, 0.2) is 48.5 Å². The van der Waals surface area contributed by atoms with Crippen molar-refractivity contribution < 1.29 is 24.2 Å². The Balaban J connectivity index is 1.39. The van der Waals surface area contributed by atoms with Gasteiger partial charge >= 0.3 is 12.1 Å². The highest BCUT2D eigenvalue weighted by Crippen LogP contribution is 2.44. The van der Waals surface area contributed by atoms with Crippen molar-refractivity contribution in [3.05, 3.63) is 59.7 Å². The number of benzene rings is 2. The van der Waals surface area contributed by atoms with Gasteiger partial charge in [-0.2, -0.15) is 0 Å². The molecule has 0 bridgehead atoms. The molecule has 0 radical (unpaired) electrons. The highest BCUT2D eigenvalue weighted by Gasteiger charge is 2.32. The summed E-state index contributed by atoms with van der Waals surface area (Å²) in [6.07, 6.45) is 1.93. The topological polar surface area (TPSA) is 105 Å². The number of hydrogen-bond donors (Lipinski definition) is 3. The van der Waals surface area contributed by atoms with Gasteiger partial charge in [-0.15, -0.1) is 0 Å². The molecule has 32 heavy (non-hydrogen) atoms. The lowest BCUT2D eigenvalue weighted by Crippen LogP contribution is -2.52. The molecule has 2 aromatic carbocycles. The molecule has 2 unspecified atom stereocenters. The number of hydrogen-bond acceptors (Lipinski definition) is 4. The Morgan fingerprint density at radius 2 is 1.59 bits per heavy atom. The van der Waals surface area contributed by atoms with Crippen LogP contribution < -0.4 is 10.6 Å². The van der Waals surface area contributed by atoms with Gasteiger partial charge in [-0.25, -0.2) is 4.79 Å². The minimum absolute atomic E-state index is 0.0585. The van der Waals surface area contributed by atoms with Crippen molar-refractivity contribution in [1.82, 2.24) is 10.6 Å². The van der Waals surface area contributed by atoms with E-state index in [1.165, 1.54) is 0 Å². The first-order chi connectivity index (χ1) is 15.4. The van der Waals surface area contributed by atoms with Crippen molar-refractivity contribution in [2.24, 2.45) is 5.92 Å². The Kier molecular flexibility index (Phi) is 6.44. The number of aliphatic carboxylic acids is 1. The Morgan fingerprint density at radius 3 is 2.12 bits per heavy atom. The number of nitrogens with one attached hydrogen (secondary N) is 2. The minimum atomic E-state index is -1.19. The lowest BCUT2D eigenvalue weighted by Gasteiger charge is -2.32. The number of alkyl carbamates (subject to hydrolysis) is 1. The van der Waals surface area contributed by atoms with Gasteiger partial charge in [-0.1, -0.05) is 55.0 Å². The number of carbonyl (C=O) groups excluding carboxylic acids is 2. The fourth-order valence-electron chi connectivity index (χ4n) is 4.55. The van der Waals surface area contributed by atoms with Crippen LogP contribution in [0, 0.1) is 5.92 Å². The Morgan fingerprint density at radius 1 is 1.00 bits per heavy atom. The predicted molar refractivity (Wildman–Crippen MR) is 119 cm³/mol. The zero-order valence-corrected chi connectivity index (χ0v) is 18.0. The van der Waals surface area contributed by atoms with Crippen LogP contribution in [0.25, 0.3) is 11.1 Å². The van der Waals surface area contributed by atoms with Gasteiger partial charge in [0.25, 0.3) is 0 Å². The summed E-state index contributed by atoms with van der Waals surface area (Å²) in [6.45, 7) is 2.01. The van der Waals surface area contributed by atoms with Gasteiger partial charge in [0.15, 0.2) is 0 Å². The SMILES string of the molecule is CC(NC(=O)C(CC(=O)O)NC(=O)OCC1c2ccccc2-c2ccccc21)C1CCC1. The first-order valence-electron chi connectivity index (χ1n) is 11.1. The van der Waals surface area contributed by atoms with Crippen LogP contribution in [-0.2, 0) is 14.3 Å². The summed E-state index contributed by atoms with van der Waals surface area (Å²) in [5.74, 6) is -1.38. The normalized spacial score (nSPS) is 16.8. The van der Waals surface area contributed by atoms with E-state index in [4.69, 9.17) is 4.74 Å². The summed E-state index contributed by atoms with van der Waals surface area (Å²) in [5, 5.41) is 14.5. The minimum Gasteiger partial charge on any atom is -0.481 e. The summed E-state index contributed by atoms with van der Waals surface area (Å²) >= 11 is 0. The second-order valence-electron chi connectivity index (χ2n) is 8.61. The van der Waals surface area contributed by atoms with Crippen molar-refractivity contribution in [3.8, 4) is 11.1 Å². The van der Waals surface area contributed by atoms with Crippen molar-refractivity contribution in [2.45, 2.75) is 50.6 Å². The second kappa shape index (κ2) is 9.42. The molecule has 2 aliphatic rings. The molecule has 168 valence electrons. The number of carboxylic acid groups (broad SMARTS) is 1. The average Bonchev–Trinajstić information content (AvgIpc) is 3.04. The predicted octanol–water partition coefficient (Wildman–Crippen LogP) is 3.67. The van der Waals surface area contributed by atoms with Gasteiger partial charge in [0, 0.05) is 12.0 Å². The highest BCUT2D eigenvalue weighted by molar-refractivity contribution is 5.89. The van der Waals surface area contributed by atoms with Gasteiger partial charge in [0.2, 0.25) is 5.91 Å². The molecular weight excluding hydrogens is 408 g/mol. The first-order valence-corrected chi connectivity index (χ1v) is 11.1. The Labute approximate surface area is 187 Å². The lowest BCUT2D eigenvalue weighted by molar-refractivity contribution is -0.140. The molecule has 7 heteroatoms. The molecule has 0 aliphatic heterocycles. The molecule has 0 spiro atoms. The molecule has 3 N–H and O–H groups in total. The molecule has 0 saturated heterocycles. The van der Waals surface area contributed by atoms with Gasteiger partial charge in [-0.3, -0.25) is 9.59 Å². The molecule has 2 aliphatic carbocycles. The Bertz CT molecular complexity index is 971. The van der Waals surface area contributed by atoms with Crippen molar-refractivity contribution in [2.75, 3.05) is 6.61 Å². The van der Waals surface area contributed by atoms with Crippen LogP contribution in [0.5, 0.6) is 0 Å². The molecule has 7 nitrogen and oxygen atoms in total. The number of ether oxygens (including phenoxy) is 1. The fraction of sp³-hybridized carbons (Fsp3) is 0.400. The van der Waals surface area contributed by atoms with Gasteiger partial charge < -0.3 is 20.5 Å². The summed E-state index contributed by atoms with van der Waals surface area (Å²) in [5.41, 5.74) is 4.39. The van der Waals surface area contributed by atoms with Gasteiger partial charge in [0.1, 0.15) is 12.6 Å². The molecule has 4 rings (SSSR count). The molecule has 2 aromatic rings. The third-order valence-corrected chi connectivity index (χ3v) is 6.56. The monoisotopic (exact) mass is 436 g/mol. The third kappa shape index (κ3) is 4.61. The fourth-order valence-corrected chi connectivity index (χ4v) is 4.55. The van der Waals surface area contributed by atoms with E-state index in [-0.39, 0.29) is 18.6 Å². The maximum absolute atomic E-state index is 12.6. The van der Waals surface area contributed by atoms with Crippen molar-refractivity contribution in [1.29, 1.82) is 0 Å². The van der Waals surface area contributed by atoms with E-state index in [0.717, 1.165) is 41.5 Å². The van der Waals surface area contributed by atoms with E-state index < -0.39 is 30.4 Å². The van der Waals surface area contributed by atoms with Crippen LogP contribution in [0.2, 0.25) is 0 Å². The number of carbonyl (C=O) groups is 3. The molecule has 1 saturated carbocycles. The highest BCUT2D eigenvalue weighted by atomic mass is 16.5. The van der Waals surface area contributed by atoms with E-state index in [9.17, 15) is 19.5 Å². The van der Waals surface area contributed by atoms with Crippen molar-refractivity contribution in [3.63, 3.8) is 0 Å². The summed E-state index contributed by atoms with van der Waals surface area (Å²) < 4.78 is 5.46. The zero-order valence-electron chi connectivity index (χ0n) is 18.0. The maximum atomic E-state index is 12.6. The van der Waals surface area contributed by atoms with Crippen LogP contribution in [-0.4, -0.2) is 41.8 Å². The second-order valence-corrected chi connectivity index (χ2v) is 8.61. The van der Waals surface area contributed by atoms with E-state index in [1.807, 2.05) is 55.5 Å².